The van der Waals surface area contributed by atoms with E-state index in [1.54, 1.807) is 31.2 Å². The van der Waals surface area contributed by atoms with Crippen molar-refractivity contribution in [2.24, 2.45) is 0 Å². The van der Waals surface area contributed by atoms with Crippen molar-refractivity contribution in [1.29, 1.82) is 0 Å². The lowest BCUT2D eigenvalue weighted by atomic mass is 9.82. The number of thiophene rings is 1. The summed E-state index contributed by atoms with van der Waals surface area (Å²) in [5.41, 5.74) is 2.42. The van der Waals surface area contributed by atoms with Crippen LogP contribution in [0.5, 0.6) is 0 Å². The first kappa shape index (κ1) is 14.6. The number of fused-ring (bicyclic) bond motifs is 1. The van der Waals surface area contributed by atoms with Gasteiger partial charge in [0.2, 0.25) is 0 Å². The van der Waals surface area contributed by atoms with Gasteiger partial charge in [0, 0.05) is 28.7 Å². The Balaban J connectivity index is 1.99. The molecule has 0 fully saturated rings. The Kier molecular flexibility index (Phi) is 3.62. The fraction of sp³-hybridized carbons (Fsp3) is 0.167. The zero-order chi connectivity index (χ0) is 15.9. The first-order valence-corrected chi connectivity index (χ1v) is 7.84. The molecule has 1 aromatic heterocycles. The average Bonchev–Trinajstić information content (AvgIpc) is 2.95. The largest absolute Gasteiger partial charge is 0.293 e. The van der Waals surface area contributed by atoms with E-state index >= 15 is 0 Å². The third-order valence-corrected chi connectivity index (χ3v) is 4.99. The second kappa shape index (κ2) is 5.46. The van der Waals surface area contributed by atoms with E-state index < -0.39 is 0 Å². The molecule has 0 saturated heterocycles. The summed E-state index contributed by atoms with van der Waals surface area (Å²) in [6.07, 6.45) is -0.0217. The Morgan fingerprint density at radius 3 is 2.23 bits per heavy atom. The molecule has 3 rings (SSSR count). The van der Waals surface area contributed by atoms with Crippen LogP contribution in [0.25, 0.3) is 0 Å². The van der Waals surface area contributed by atoms with Crippen LogP contribution >= 0.6 is 11.3 Å². The molecule has 22 heavy (non-hydrogen) atoms. The molecule has 2 aromatic rings. The van der Waals surface area contributed by atoms with Gasteiger partial charge in [0.1, 0.15) is 0 Å². The van der Waals surface area contributed by atoms with Gasteiger partial charge in [-0.3, -0.25) is 14.4 Å². The molecule has 1 aliphatic carbocycles. The summed E-state index contributed by atoms with van der Waals surface area (Å²) in [7, 11) is 0. The minimum Gasteiger partial charge on any atom is -0.293 e. The summed E-state index contributed by atoms with van der Waals surface area (Å²) in [5, 5.41) is 1.85. The maximum atomic E-state index is 12.6. The molecule has 1 aromatic carbocycles. The van der Waals surface area contributed by atoms with Crippen LogP contribution < -0.4 is 0 Å². The van der Waals surface area contributed by atoms with Gasteiger partial charge in [-0.2, -0.15) is 0 Å². The number of Topliss-reactive ketones (excluding diaryl/α,β-unsaturated/α-hetero) is 3. The van der Waals surface area contributed by atoms with Crippen molar-refractivity contribution in [3.63, 3.8) is 0 Å². The van der Waals surface area contributed by atoms with E-state index in [2.05, 4.69) is 0 Å². The molecule has 1 heterocycles. The van der Waals surface area contributed by atoms with E-state index in [0.717, 1.165) is 5.56 Å². The van der Waals surface area contributed by atoms with Crippen molar-refractivity contribution in [3.8, 4) is 0 Å². The molecule has 1 aliphatic rings. The minimum atomic E-state index is -0.213. The van der Waals surface area contributed by atoms with E-state index in [4.69, 9.17) is 0 Å². The molecule has 0 amide bonds. The Bertz CT molecular complexity index is 840. The summed E-state index contributed by atoms with van der Waals surface area (Å²) in [5.74, 6) is -0.487. The highest BCUT2D eigenvalue weighted by molar-refractivity contribution is 7.12. The fourth-order valence-electron chi connectivity index (χ4n) is 2.66. The maximum absolute atomic E-state index is 12.6. The molecule has 0 unspecified atom stereocenters. The number of benzene rings is 1. The smallest absolute Gasteiger partial charge is 0.190 e. The van der Waals surface area contributed by atoms with E-state index in [1.165, 1.54) is 11.3 Å². The zero-order valence-corrected chi connectivity index (χ0v) is 13.1. The Hall–Kier alpha value is -2.33. The average molecular weight is 310 g/mol. The molecule has 0 atom stereocenters. The summed E-state index contributed by atoms with van der Waals surface area (Å²) in [6, 6.07) is 8.64. The number of aryl methyl sites for hydroxylation is 1. The lowest BCUT2D eigenvalue weighted by Gasteiger charge is -2.18. The third kappa shape index (κ3) is 2.25. The molecular weight excluding hydrogens is 296 g/mol. The predicted molar refractivity (Wildman–Crippen MR) is 85.8 cm³/mol. The quantitative estimate of drug-likeness (QED) is 0.804. The predicted octanol–water partition coefficient (Wildman–Crippen LogP) is 4.03. The highest BCUT2D eigenvalue weighted by Gasteiger charge is 2.31. The molecule has 4 heteroatoms. The van der Waals surface area contributed by atoms with Crippen LogP contribution in [0.15, 0.2) is 46.9 Å². The molecular formula is C18H14O3S. The lowest BCUT2D eigenvalue weighted by Crippen LogP contribution is -2.22. The van der Waals surface area contributed by atoms with Gasteiger partial charge in [0.25, 0.3) is 0 Å². The molecule has 110 valence electrons. The molecule has 0 bridgehead atoms. The normalized spacial score (nSPS) is 14.3. The summed E-state index contributed by atoms with van der Waals surface area (Å²) in [6.45, 7) is 3.49. The Morgan fingerprint density at radius 1 is 1.00 bits per heavy atom. The second-order valence-electron chi connectivity index (χ2n) is 5.34. The maximum Gasteiger partial charge on any atom is 0.190 e. The Labute approximate surface area is 132 Å². The van der Waals surface area contributed by atoms with Crippen molar-refractivity contribution in [1.82, 2.24) is 0 Å². The minimum absolute atomic E-state index is 0.0217. The number of hydrogen-bond acceptors (Lipinski definition) is 4. The van der Waals surface area contributed by atoms with Gasteiger partial charge >= 0.3 is 0 Å². The molecule has 0 saturated carbocycles. The second-order valence-corrected chi connectivity index (χ2v) is 6.26. The standard InChI is InChI=1S/C18H14O3S/c1-10-7-8-22-18(10)15(19)9-14-11(2)16(20)12-5-3-4-6-13(12)17(14)21/h3-8H,9H2,1-2H3. The van der Waals surface area contributed by atoms with Crippen LogP contribution in [0.2, 0.25) is 0 Å². The first-order chi connectivity index (χ1) is 10.5. The summed E-state index contributed by atoms with van der Waals surface area (Å²) < 4.78 is 0. The highest BCUT2D eigenvalue weighted by Crippen LogP contribution is 2.29. The molecule has 0 radical (unpaired) electrons. The molecule has 0 N–H and O–H groups in total. The van der Waals surface area contributed by atoms with Crippen LogP contribution in [0.3, 0.4) is 0 Å². The van der Waals surface area contributed by atoms with Gasteiger partial charge < -0.3 is 0 Å². The highest BCUT2D eigenvalue weighted by atomic mass is 32.1. The van der Waals surface area contributed by atoms with Crippen molar-refractivity contribution >= 4 is 28.7 Å². The zero-order valence-electron chi connectivity index (χ0n) is 12.3. The van der Waals surface area contributed by atoms with Crippen LogP contribution in [0.4, 0.5) is 0 Å². The third-order valence-electron chi connectivity index (χ3n) is 3.94. The number of carbonyl (C=O) groups is 3. The van der Waals surface area contributed by atoms with Crippen molar-refractivity contribution < 1.29 is 14.4 Å². The van der Waals surface area contributed by atoms with E-state index in [1.807, 2.05) is 18.4 Å². The van der Waals surface area contributed by atoms with Crippen molar-refractivity contribution in [2.75, 3.05) is 0 Å². The van der Waals surface area contributed by atoms with Gasteiger partial charge in [0.05, 0.1) is 4.88 Å². The number of allylic oxidation sites excluding steroid dienone is 2. The van der Waals surface area contributed by atoms with Gasteiger partial charge in [-0.1, -0.05) is 24.3 Å². The Morgan fingerprint density at radius 2 is 1.64 bits per heavy atom. The summed E-state index contributed by atoms with van der Waals surface area (Å²) >= 11 is 1.37. The van der Waals surface area contributed by atoms with Gasteiger partial charge in [-0.25, -0.2) is 0 Å². The van der Waals surface area contributed by atoms with Crippen molar-refractivity contribution in [3.05, 3.63) is 68.4 Å². The topological polar surface area (TPSA) is 51.2 Å². The van der Waals surface area contributed by atoms with Crippen LogP contribution in [0, 0.1) is 6.92 Å². The number of hydrogen-bond donors (Lipinski definition) is 0. The van der Waals surface area contributed by atoms with Crippen LogP contribution in [-0.2, 0) is 0 Å². The van der Waals surface area contributed by atoms with E-state index in [9.17, 15) is 14.4 Å². The van der Waals surface area contributed by atoms with E-state index in [-0.39, 0.29) is 23.8 Å². The SMILES string of the molecule is CC1=C(CC(=O)c2sccc2C)C(=O)c2ccccc2C1=O. The van der Waals surface area contributed by atoms with Gasteiger partial charge in [0.15, 0.2) is 17.3 Å². The number of ketones is 3. The van der Waals surface area contributed by atoms with Crippen LogP contribution in [0.1, 0.15) is 49.3 Å². The van der Waals surface area contributed by atoms with Gasteiger partial charge in [-0.15, -0.1) is 11.3 Å². The summed E-state index contributed by atoms with van der Waals surface area (Å²) in [4.78, 5) is 38.1. The monoisotopic (exact) mass is 310 g/mol. The van der Waals surface area contributed by atoms with Crippen LogP contribution in [-0.4, -0.2) is 17.3 Å². The molecule has 3 nitrogen and oxygen atoms in total. The fourth-order valence-corrected chi connectivity index (χ4v) is 3.53. The number of rotatable bonds is 3. The molecule has 0 spiro atoms. The van der Waals surface area contributed by atoms with Crippen molar-refractivity contribution in [2.45, 2.75) is 20.3 Å². The molecule has 0 aliphatic heterocycles. The van der Waals surface area contributed by atoms with Gasteiger partial charge in [-0.05, 0) is 30.9 Å². The van der Waals surface area contributed by atoms with E-state index in [0.29, 0.717) is 27.2 Å². The first-order valence-electron chi connectivity index (χ1n) is 6.96. The lowest BCUT2D eigenvalue weighted by molar-refractivity contribution is 0.0944. The number of carbonyl (C=O) groups excluding carboxylic acids is 3.